The first-order valence-corrected chi connectivity index (χ1v) is 9.04. The highest BCUT2D eigenvalue weighted by Crippen LogP contribution is 2.35. The van der Waals surface area contributed by atoms with Crippen molar-refractivity contribution < 1.29 is 10.2 Å². The first-order chi connectivity index (χ1) is 12.2. The van der Waals surface area contributed by atoms with Crippen molar-refractivity contribution in [3.8, 4) is 5.75 Å². The Morgan fingerprint density at radius 3 is 2.28 bits per heavy atom. The molecule has 0 saturated heterocycles. The zero-order chi connectivity index (χ0) is 17.6. The highest BCUT2D eigenvalue weighted by atomic mass is 35.5. The number of benzene rings is 3. The minimum absolute atomic E-state index is 0.0845. The summed E-state index contributed by atoms with van der Waals surface area (Å²) >= 11 is 7.87. The van der Waals surface area contributed by atoms with Crippen molar-refractivity contribution in [2.24, 2.45) is 0 Å². The molecular formula is C20H18ClNO2S. The largest absolute Gasteiger partial charge is 0.505 e. The molecule has 0 fully saturated rings. The maximum absolute atomic E-state index is 10.2. The Kier molecular flexibility index (Phi) is 5.87. The second-order valence-electron chi connectivity index (χ2n) is 5.47. The number of aliphatic hydroxyl groups excluding tert-OH is 1. The molecule has 3 aromatic rings. The van der Waals surface area contributed by atoms with Crippen LogP contribution < -0.4 is 5.32 Å². The van der Waals surface area contributed by atoms with Crippen molar-refractivity contribution in [3.63, 3.8) is 0 Å². The molecule has 0 aliphatic rings. The second kappa shape index (κ2) is 8.30. The van der Waals surface area contributed by atoms with E-state index in [9.17, 15) is 10.2 Å². The van der Waals surface area contributed by atoms with Crippen LogP contribution >= 0.6 is 23.4 Å². The van der Waals surface area contributed by atoms with Gasteiger partial charge >= 0.3 is 0 Å². The monoisotopic (exact) mass is 371 g/mol. The van der Waals surface area contributed by atoms with Gasteiger partial charge in [0.05, 0.1) is 17.3 Å². The van der Waals surface area contributed by atoms with E-state index in [1.54, 1.807) is 30.0 Å². The van der Waals surface area contributed by atoms with Crippen LogP contribution in [0.4, 0.5) is 5.69 Å². The summed E-state index contributed by atoms with van der Waals surface area (Å²) in [6.07, 6.45) is 0. The highest BCUT2D eigenvalue weighted by molar-refractivity contribution is 7.99. The summed E-state index contributed by atoms with van der Waals surface area (Å²) in [5.74, 6) is 0.0845. The van der Waals surface area contributed by atoms with Gasteiger partial charge < -0.3 is 15.5 Å². The Hall–Kier alpha value is -2.14. The lowest BCUT2D eigenvalue weighted by Crippen LogP contribution is -2.02. The van der Waals surface area contributed by atoms with Crippen LogP contribution in [0.2, 0.25) is 5.02 Å². The lowest BCUT2D eigenvalue weighted by Gasteiger charge is -2.14. The van der Waals surface area contributed by atoms with Crippen LogP contribution in [0.15, 0.2) is 76.5 Å². The number of phenols is 1. The molecule has 0 heterocycles. The fraction of sp³-hybridized carbons (Fsp3) is 0.100. The third-order valence-corrected chi connectivity index (χ3v) is 5.42. The van der Waals surface area contributed by atoms with E-state index in [1.165, 1.54) is 0 Å². The summed E-state index contributed by atoms with van der Waals surface area (Å²) in [5, 5.41) is 23.4. The average Bonchev–Trinajstić information content (AvgIpc) is 2.64. The lowest BCUT2D eigenvalue weighted by molar-refractivity contribution is 0.276. The van der Waals surface area contributed by atoms with E-state index in [0.29, 0.717) is 17.8 Å². The number of aliphatic hydroxyl groups is 1. The standard InChI is InChI=1S/C20H18ClNO2S/c21-16-8-2-4-11-19(16)25-18-10-3-1-6-14(18)12-22-17-9-5-7-15(13-23)20(17)24/h1-11,22-24H,12-13H2. The molecule has 3 aromatic carbocycles. The normalized spacial score (nSPS) is 10.6. The number of rotatable bonds is 6. The molecule has 0 amide bonds. The van der Waals surface area contributed by atoms with E-state index in [-0.39, 0.29) is 12.4 Å². The van der Waals surface area contributed by atoms with Gasteiger partial charge in [0.25, 0.3) is 0 Å². The Balaban J connectivity index is 1.79. The quantitative estimate of drug-likeness (QED) is 0.514. The van der Waals surface area contributed by atoms with Gasteiger partial charge in [-0.2, -0.15) is 0 Å². The first kappa shape index (κ1) is 17.7. The molecule has 0 aromatic heterocycles. The average molecular weight is 372 g/mol. The van der Waals surface area contributed by atoms with Gasteiger partial charge in [-0.15, -0.1) is 0 Å². The van der Waals surface area contributed by atoms with Crippen molar-refractivity contribution in [2.75, 3.05) is 5.32 Å². The zero-order valence-corrected chi connectivity index (χ0v) is 15.0. The van der Waals surface area contributed by atoms with Crippen molar-refractivity contribution in [1.29, 1.82) is 0 Å². The van der Waals surface area contributed by atoms with Gasteiger partial charge in [0.1, 0.15) is 5.75 Å². The van der Waals surface area contributed by atoms with Crippen LogP contribution in [0, 0.1) is 0 Å². The molecule has 0 spiro atoms. The topological polar surface area (TPSA) is 52.5 Å². The SMILES string of the molecule is OCc1cccc(NCc2ccccc2Sc2ccccc2Cl)c1O. The van der Waals surface area contributed by atoms with E-state index >= 15 is 0 Å². The fourth-order valence-corrected chi connectivity index (χ4v) is 3.67. The molecule has 128 valence electrons. The first-order valence-electron chi connectivity index (χ1n) is 7.85. The maximum Gasteiger partial charge on any atom is 0.144 e. The number of hydrogen-bond donors (Lipinski definition) is 3. The van der Waals surface area contributed by atoms with Crippen molar-refractivity contribution in [2.45, 2.75) is 22.9 Å². The van der Waals surface area contributed by atoms with Crippen molar-refractivity contribution in [3.05, 3.63) is 82.9 Å². The lowest BCUT2D eigenvalue weighted by atomic mass is 10.1. The van der Waals surface area contributed by atoms with Gasteiger partial charge in [-0.3, -0.25) is 0 Å². The van der Waals surface area contributed by atoms with Gasteiger partial charge in [0, 0.05) is 21.9 Å². The Morgan fingerprint density at radius 2 is 1.52 bits per heavy atom. The summed E-state index contributed by atoms with van der Waals surface area (Å²) in [5.41, 5.74) is 2.20. The van der Waals surface area contributed by atoms with Crippen LogP contribution in [0.25, 0.3) is 0 Å². The second-order valence-corrected chi connectivity index (χ2v) is 6.96. The van der Waals surface area contributed by atoms with E-state index in [2.05, 4.69) is 11.4 Å². The Labute approximate surface area is 156 Å². The van der Waals surface area contributed by atoms with E-state index in [4.69, 9.17) is 11.6 Å². The number of anilines is 1. The zero-order valence-electron chi connectivity index (χ0n) is 13.4. The summed E-state index contributed by atoms with van der Waals surface area (Å²) in [6.45, 7) is 0.358. The Bertz CT molecular complexity index is 870. The molecule has 0 atom stereocenters. The predicted molar refractivity (Wildman–Crippen MR) is 103 cm³/mol. The van der Waals surface area contributed by atoms with Crippen molar-refractivity contribution >= 4 is 29.1 Å². The van der Waals surface area contributed by atoms with Gasteiger partial charge in [-0.05, 0) is 29.8 Å². The minimum atomic E-state index is -0.194. The van der Waals surface area contributed by atoms with Crippen LogP contribution in [0.5, 0.6) is 5.75 Å². The molecule has 3 nitrogen and oxygen atoms in total. The summed E-state index contributed by atoms with van der Waals surface area (Å²) in [7, 11) is 0. The Morgan fingerprint density at radius 1 is 0.840 bits per heavy atom. The summed E-state index contributed by atoms with van der Waals surface area (Å²) < 4.78 is 0. The van der Waals surface area contributed by atoms with E-state index in [1.807, 2.05) is 42.5 Å². The van der Waals surface area contributed by atoms with Crippen LogP contribution in [0.3, 0.4) is 0 Å². The number of halogens is 1. The molecule has 3 N–H and O–H groups in total. The molecule has 0 aliphatic heterocycles. The molecule has 0 saturated carbocycles. The van der Waals surface area contributed by atoms with Gasteiger partial charge in [0.2, 0.25) is 0 Å². The molecule has 25 heavy (non-hydrogen) atoms. The van der Waals surface area contributed by atoms with Gasteiger partial charge in [-0.25, -0.2) is 0 Å². The molecule has 0 unspecified atom stereocenters. The maximum atomic E-state index is 10.2. The number of para-hydroxylation sites is 1. The number of nitrogens with one attached hydrogen (secondary N) is 1. The third kappa shape index (κ3) is 4.28. The third-order valence-electron chi connectivity index (χ3n) is 3.79. The van der Waals surface area contributed by atoms with Gasteiger partial charge in [-0.1, -0.05) is 65.8 Å². The van der Waals surface area contributed by atoms with E-state index < -0.39 is 0 Å². The highest BCUT2D eigenvalue weighted by Gasteiger charge is 2.09. The van der Waals surface area contributed by atoms with Crippen LogP contribution in [-0.4, -0.2) is 10.2 Å². The number of aromatic hydroxyl groups is 1. The summed E-state index contributed by atoms with van der Waals surface area (Å²) in [4.78, 5) is 2.10. The predicted octanol–water partition coefficient (Wildman–Crippen LogP) is 5.30. The molecule has 3 rings (SSSR count). The van der Waals surface area contributed by atoms with Crippen molar-refractivity contribution in [1.82, 2.24) is 0 Å². The molecule has 0 aliphatic carbocycles. The molecule has 5 heteroatoms. The van der Waals surface area contributed by atoms with Crippen LogP contribution in [0.1, 0.15) is 11.1 Å². The van der Waals surface area contributed by atoms with Crippen LogP contribution in [-0.2, 0) is 13.2 Å². The smallest absolute Gasteiger partial charge is 0.144 e. The fourth-order valence-electron chi connectivity index (χ4n) is 2.45. The number of hydrogen-bond acceptors (Lipinski definition) is 4. The minimum Gasteiger partial charge on any atom is -0.505 e. The van der Waals surface area contributed by atoms with E-state index in [0.717, 1.165) is 20.4 Å². The molecule has 0 bridgehead atoms. The van der Waals surface area contributed by atoms with Gasteiger partial charge in [0.15, 0.2) is 0 Å². The molecular weight excluding hydrogens is 354 g/mol. The molecule has 0 radical (unpaired) electrons. The summed E-state index contributed by atoms with van der Waals surface area (Å²) in [6, 6.07) is 21.1.